The van der Waals surface area contributed by atoms with Crippen molar-refractivity contribution in [3.63, 3.8) is 0 Å². The van der Waals surface area contributed by atoms with Crippen LogP contribution in [-0.2, 0) is 14.3 Å². The molecule has 27 heavy (non-hydrogen) atoms. The molecule has 1 saturated heterocycles. The largest absolute Gasteiger partial charge is 0.481 e. The lowest BCUT2D eigenvalue weighted by atomic mass is 9.85. The van der Waals surface area contributed by atoms with E-state index in [1.807, 2.05) is 0 Å². The first-order valence-corrected chi connectivity index (χ1v) is 10.7. The van der Waals surface area contributed by atoms with Gasteiger partial charge < -0.3 is 9.84 Å². The molecule has 0 aliphatic carbocycles. The highest BCUT2D eigenvalue weighted by Gasteiger charge is 2.35. The van der Waals surface area contributed by atoms with Gasteiger partial charge in [-0.25, -0.2) is 0 Å². The number of hydrogen-bond donors (Lipinski definition) is 2. The summed E-state index contributed by atoms with van der Waals surface area (Å²) in [6, 6.07) is 0. The molecular weight excluding hydrogens is 342 g/mol. The summed E-state index contributed by atoms with van der Waals surface area (Å²) >= 11 is 0. The molecule has 1 heterocycles. The van der Waals surface area contributed by atoms with Crippen LogP contribution in [0.15, 0.2) is 12.2 Å². The highest BCUT2D eigenvalue weighted by atomic mass is 16.5. The Balaban J connectivity index is 2.35. The second kappa shape index (κ2) is 14.4. The number of cyclic esters (lactones) is 1. The number of ether oxygens (including phenoxy) is 1. The standard InChI is InChI=1S/C22H37NO4/c1-2-3-4-5-6-7-8-11-14-18(19-17-20(23)27-22(19)26)15-12-9-10-13-16-21(24)25/h11,14,18-19,23H,2-10,12-13,15-17H2,1H3,(H,24,25)/b14-11+,23-20?. The number of carbonyl (C=O) groups excluding carboxylic acids is 1. The average molecular weight is 380 g/mol. The molecule has 0 spiro atoms. The molecule has 0 aromatic heterocycles. The molecule has 5 nitrogen and oxygen atoms in total. The Morgan fingerprint density at radius 3 is 2.48 bits per heavy atom. The number of allylic oxidation sites excluding steroid dienone is 2. The molecule has 0 aromatic carbocycles. The maximum absolute atomic E-state index is 12.0. The Kier molecular flexibility index (Phi) is 12.5. The van der Waals surface area contributed by atoms with Crippen LogP contribution in [0.3, 0.4) is 0 Å². The Hall–Kier alpha value is -1.65. The van der Waals surface area contributed by atoms with Crippen LogP contribution in [0.5, 0.6) is 0 Å². The molecule has 154 valence electrons. The zero-order valence-corrected chi connectivity index (χ0v) is 16.9. The number of esters is 1. The number of carboxylic acids is 1. The summed E-state index contributed by atoms with van der Waals surface area (Å²) in [5.74, 6) is -1.02. The predicted octanol–water partition coefficient (Wildman–Crippen LogP) is 5.87. The fourth-order valence-corrected chi connectivity index (χ4v) is 3.60. The van der Waals surface area contributed by atoms with Crippen molar-refractivity contribution in [1.29, 1.82) is 5.41 Å². The minimum atomic E-state index is -0.738. The summed E-state index contributed by atoms with van der Waals surface area (Å²) in [6.07, 6.45) is 18.2. The van der Waals surface area contributed by atoms with Gasteiger partial charge in [-0.1, -0.05) is 70.4 Å². The van der Waals surface area contributed by atoms with E-state index in [0.29, 0.717) is 12.8 Å². The monoisotopic (exact) mass is 379 g/mol. The van der Waals surface area contributed by atoms with Crippen molar-refractivity contribution in [2.45, 2.75) is 96.8 Å². The Bertz CT molecular complexity index is 487. The number of rotatable bonds is 16. The molecule has 1 aliphatic rings. The molecule has 0 saturated carbocycles. The van der Waals surface area contributed by atoms with Gasteiger partial charge in [0, 0.05) is 12.8 Å². The molecule has 2 N–H and O–H groups in total. The first-order chi connectivity index (χ1) is 13.0. The smallest absolute Gasteiger partial charge is 0.316 e. The van der Waals surface area contributed by atoms with Crippen LogP contribution in [-0.4, -0.2) is 22.9 Å². The van der Waals surface area contributed by atoms with E-state index >= 15 is 0 Å². The second-order valence-corrected chi connectivity index (χ2v) is 7.65. The number of carbonyl (C=O) groups is 2. The Morgan fingerprint density at radius 2 is 1.81 bits per heavy atom. The van der Waals surface area contributed by atoms with E-state index in [1.165, 1.54) is 38.5 Å². The molecular formula is C22H37NO4. The molecule has 0 aromatic rings. The fourth-order valence-electron chi connectivity index (χ4n) is 3.60. The van der Waals surface area contributed by atoms with Crippen LogP contribution in [0, 0.1) is 17.2 Å². The average Bonchev–Trinajstić information content (AvgIpc) is 2.96. The number of unbranched alkanes of at least 4 members (excludes halogenated alkanes) is 9. The van der Waals surface area contributed by atoms with Crippen LogP contribution < -0.4 is 0 Å². The van der Waals surface area contributed by atoms with Crippen molar-refractivity contribution < 1.29 is 19.4 Å². The molecule has 5 heteroatoms. The third-order valence-electron chi connectivity index (χ3n) is 5.23. The Morgan fingerprint density at radius 1 is 1.15 bits per heavy atom. The molecule has 1 fully saturated rings. The maximum atomic E-state index is 12.0. The van der Waals surface area contributed by atoms with Gasteiger partial charge in [-0.05, 0) is 31.6 Å². The number of hydrogen-bond acceptors (Lipinski definition) is 4. The first kappa shape index (κ1) is 23.4. The third-order valence-corrected chi connectivity index (χ3v) is 5.23. The summed E-state index contributed by atoms with van der Waals surface area (Å²) in [6.45, 7) is 2.22. The lowest BCUT2D eigenvalue weighted by Crippen LogP contribution is -2.18. The van der Waals surface area contributed by atoms with Crippen molar-refractivity contribution in [1.82, 2.24) is 0 Å². The zero-order valence-electron chi connectivity index (χ0n) is 16.9. The lowest BCUT2D eigenvalue weighted by Gasteiger charge is -2.16. The fraction of sp³-hybridized carbons (Fsp3) is 0.773. The highest BCUT2D eigenvalue weighted by molar-refractivity contribution is 5.96. The van der Waals surface area contributed by atoms with Gasteiger partial charge in [0.05, 0.1) is 5.92 Å². The summed E-state index contributed by atoms with van der Waals surface area (Å²) in [4.78, 5) is 22.6. The van der Waals surface area contributed by atoms with Gasteiger partial charge in [0.1, 0.15) is 0 Å². The van der Waals surface area contributed by atoms with Crippen molar-refractivity contribution in [2.24, 2.45) is 11.8 Å². The van der Waals surface area contributed by atoms with E-state index in [2.05, 4.69) is 19.1 Å². The summed E-state index contributed by atoms with van der Waals surface area (Å²) in [5.41, 5.74) is 0. The van der Waals surface area contributed by atoms with Crippen molar-refractivity contribution in [3.8, 4) is 0 Å². The number of carboxylic acid groups (broad SMARTS) is 1. The van der Waals surface area contributed by atoms with E-state index in [9.17, 15) is 9.59 Å². The van der Waals surface area contributed by atoms with Crippen LogP contribution in [0.2, 0.25) is 0 Å². The van der Waals surface area contributed by atoms with Gasteiger partial charge in [-0.2, -0.15) is 0 Å². The lowest BCUT2D eigenvalue weighted by molar-refractivity contribution is -0.138. The number of aliphatic carboxylic acids is 1. The second-order valence-electron chi connectivity index (χ2n) is 7.65. The van der Waals surface area contributed by atoms with E-state index in [0.717, 1.165) is 32.1 Å². The maximum Gasteiger partial charge on any atom is 0.316 e. The molecule has 2 atom stereocenters. The van der Waals surface area contributed by atoms with E-state index < -0.39 is 5.97 Å². The minimum Gasteiger partial charge on any atom is -0.481 e. The SMILES string of the molecule is CCCCCCCC/C=C/C(CCCCCCC(=O)O)C1CC(=N)OC1=O. The van der Waals surface area contributed by atoms with Gasteiger partial charge >= 0.3 is 11.9 Å². The van der Waals surface area contributed by atoms with Crippen LogP contribution >= 0.6 is 0 Å². The van der Waals surface area contributed by atoms with Crippen molar-refractivity contribution >= 4 is 17.8 Å². The zero-order chi connectivity index (χ0) is 19.9. The van der Waals surface area contributed by atoms with Crippen LogP contribution in [0.25, 0.3) is 0 Å². The third kappa shape index (κ3) is 10.9. The Labute approximate surface area is 164 Å². The predicted molar refractivity (Wildman–Crippen MR) is 108 cm³/mol. The quantitative estimate of drug-likeness (QED) is 0.199. The van der Waals surface area contributed by atoms with Gasteiger partial charge in [0.2, 0.25) is 0 Å². The van der Waals surface area contributed by atoms with E-state index in [4.69, 9.17) is 15.3 Å². The van der Waals surface area contributed by atoms with Crippen molar-refractivity contribution in [2.75, 3.05) is 0 Å². The van der Waals surface area contributed by atoms with Crippen molar-refractivity contribution in [3.05, 3.63) is 12.2 Å². The summed E-state index contributed by atoms with van der Waals surface area (Å²) in [5, 5.41) is 16.3. The molecule has 0 radical (unpaired) electrons. The van der Waals surface area contributed by atoms with Gasteiger partial charge in [0.25, 0.3) is 0 Å². The summed E-state index contributed by atoms with van der Waals surface area (Å²) in [7, 11) is 0. The topological polar surface area (TPSA) is 87.4 Å². The molecule has 1 aliphatic heterocycles. The number of nitrogens with one attached hydrogen (secondary N) is 1. The van der Waals surface area contributed by atoms with Gasteiger partial charge in [-0.3, -0.25) is 15.0 Å². The van der Waals surface area contributed by atoms with Crippen LogP contribution in [0.1, 0.15) is 96.8 Å². The van der Waals surface area contributed by atoms with Crippen LogP contribution in [0.4, 0.5) is 0 Å². The van der Waals surface area contributed by atoms with Gasteiger partial charge in [0.15, 0.2) is 5.90 Å². The van der Waals surface area contributed by atoms with E-state index in [1.54, 1.807) is 0 Å². The van der Waals surface area contributed by atoms with E-state index in [-0.39, 0.29) is 30.1 Å². The minimum absolute atomic E-state index is 0.0841. The molecule has 0 bridgehead atoms. The first-order valence-electron chi connectivity index (χ1n) is 10.7. The molecule has 2 unspecified atom stereocenters. The van der Waals surface area contributed by atoms with Gasteiger partial charge in [-0.15, -0.1) is 0 Å². The normalized spacial score (nSPS) is 18.2. The highest BCUT2D eigenvalue weighted by Crippen LogP contribution is 2.30. The summed E-state index contributed by atoms with van der Waals surface area (Å²) < 4.78 is 4.95. The molecule has 0 amide bonds. The molecule has 1 rings (SSSR count).